The summed E-state index contributed by atoms with van der Waals surface area (Å²) < 4.78 is 2.07. The lowest BCUT2D eigenvalue weighted by molar-refractivity contribution is -0.0498. The Balaban J connectivity index is 1.81. The van der Waals surface area contributed by atoms with E-state index in [0.717, 1.165) is 16.6 Å². The first-order valence-corrected chi connectivity index (χ1v) is 8.76. The summed E-state index contributed by atoms with van der Waals surface area (Å²) in [6, 6.07) is 5.10. The number of rotatable bonds is 2. The lowest BCUT2D eigenvalue weighted by Gasteiger charge is -2.41. The number of aromatic nitrogens is 3. The summed E-state index contributed by atoms with van der Waals surface area (Å²) in [4.78, 5) is 0. The number of phenolic OH excluding ortho intramolecular Hbond substituents is 1. The fourth-order valence-corrected chi connectivity index (χ4v) is 4.15. The summed E-state index contributed by atoms with van der Waals surface area (Å²) in [6.45, 7) is 3.85. The second-order valence-corrected chi connectivity index (χ2v) is 7.87. The third kappa shape index (κ3) is 2.76. The zero-order valence-electron chi connectivity index (χ0n) is 13.8. The first-order chi connectivity index (χ1) is 11.7. The number of phenols is 1. The van der Waals surface area contributed by atoms with Gasteiger partial charge in [0.15, 0.2) is 5.65 Å². The number of aromatic hydroxyl groups is 1. The third-order valence-corrected chi connectivity index (χ3v) is 5.33. The Hall–Kier alpha value is -1.82. The van der Waals surface area contributed by atoms with Crippen LogP contribution in [0.5, 0.6) is 5.75 Å². The average molecular weight is 378 g/mol. The van der Waals surface area contributed by atoms with Crippen molar-refractivity contribution in [2.45, 2.75) is 38.3 Å². The van der Waals surface area contributed by atoms with E-state index >= 15 is 0 Å². The number of nitrogens with zero attached hydrogens (tertiary/aromatic N) is 3. The van der Waals surface area contributed by atoms with E-state index in [1.807, 2.05) is 26.1 Å². The first kappa shape index (κ1) is 16.6. The second-order valence-electron chi connectivity index (χ2n) is 7.03. The molecule has 0 unspecified atom stereocenters. The van der Waals surface area contributed by atoms with Crippen molar-refractivity contribution in [1.29, 1.82) is 0 Å². The molecule has 1 fully saturated rings. The number of fused-ring (bicyclic) bond motifs is 1. The van der Waals surface area contributed by atoms with Gasteiger partial charge in [-0.2, -0.15) is 0 Å². The van der Waals surface area contributed by atoms with Gasteiger partial charge >= 0.3 is 0 Å². The number of aliphatic hydroxyl groups is 1. The molecule has 0 bridgehead atoms. The molecule has 0 spiro atoms. The molecule has 2 aromatic heterocycles. The van der Waals surface area contributed by atoms with Gasteiger partial charge in [0, 0.05) is 22.6 Å². The lowest BCUT2D eigenvalue weighted by Crippen LogP contribution is -2.41. The van der Waals surface area contributed by atoms with Crippen LogP contribution < -0.4 is 0 Å². The Morgan fingerprint density at radius 1 is 1.20 bits per heavy atom. The molecule has 0 radical (unpaired) electrons. The van der Waals surface area contributed by atoms with Gasteiger partial charge in [-0.05, 0) is 50.5 Å². The Morgan fingerprint density at radius 2 is 1.92 bits per heavy atom. The van der Waals surface area contributed by atoms with E-state index in [1.165, 1.54) is 6.07 Å². The highest BCUT2D eigenvalue weighted by atomic mass is 35.5. The largest absolute Gasteiger partial charge is 0.507 e. The average Bonchev–Trinajstić information content (AvgIpc) is 2.80. The van der Waals surface area contributed by atoms with E-state index in [1.54, 1.807) is 6.07 Å². The molecule has 1 aliphatic rings. The van der Waals surface area contributed by atoms with Crippen molar-refractivity contribution in [1.82, 2.24) is 14.8 Å². The number of aryl methyl sites for hydroxylation is 1. The van der Waals surface area contributed by atoms with Crippen LogP contribution in [0, 0.1) is 6.92 Å². The van der Waals surface area contributed by atoms with E-state index in [-0.39, 0.29) is 11.8 Å². The minimum atomic E-state index is -0.606. The zero-order chi connectivity index (χ0) is 17.9. The summed E-state index contributed by atoms with van der Waals surface area (Å²) in [5.74, 6) is -0.0294. The monoisotopic (exact) mass is 377 g/mol. The summed E-state index contributed by atoms with van der Waals surface area (Å²) in [5.41, 5.74) is 2.13. The SMILES string of the molecule is Cc1cn(C2CC(C)(O)C2)c2nnc(-c3c(O)cc(Cl)cc3Cl)cc12. The van der Waals surface area contributed by atoms with Crippen LogP contribution in [0.2, 0.25) is 10.0 Å². The summed E-state index contributed by atoms with van der Waals surface area (Å²) >= 11 is 12.1. The smallest absolute Gasteiger partial charge is 0.163 e. The van der Waals surface area contributed by atoms with Gasteiger partial charge in [0.25, 0.3) is 0 Å². The Bertz CT molecular complexity index is 966. The highest BCUT2D eigenvalue weighted by Gasteiger charge is 2.40. The van der Waals surface area contributed by atoms with Crippen LogP contribution in [0.25, 0.3) is 22.3 Å². The zero-order valence-corrected chi connectivity index (χ0v) is 15.3. The Kier molecular flexibility index (Phi) is 3.72. The molecule has 3 aromatic rings. The molecule has 130 valence electrons. The van der Waals surface area contributed by atoms with E-state index in [2.05, 4.69) is 14.8 Å². The van der Waals surface area contributed by atoms with E-state index in [4.69, 9.17) is 23.2 Å². The lowest BCUT2D eigenvalue weighted by atomic mass is 9.77. The summed E-state index contributed by atoms with van der Waals surface area (Å²) in [5, 5.41) is 30.4. The predicted octanol–water partition coefficient (Wildman–Crippen LogP) is 4.51. The molecule has 1 aromatic carbocycles. The topological polar surface area (TPSA) is 71.2 Å². The van der Waals surface area contributed by atoms with Gasteiger partial charge in [-0.15, -0.1) is 10.2 Å². The van der Waals surface area contributed by atoms with Crippen molar-refractivity contribution in [2.24, 2.45) is 0 Å². The quantitative estimate of drug-likeness (QED) is 0.689. The van der Waals surface area contributed by atoms with E-state index in [0.29, 0.717) is 34.1 Å². The van der Waals surface area contributed by atoms with Crippen LogP contribution in [0.4, 0.5) is 0 Å². The second kappa shape index (κ2) is 5.59. The molecular weight excluding hydrogens is 361 g/mol. The minimum Gasteiger partial charge on any atom is -0.507 e. The van der Waals surface area contributed by atoms with Gasteiger partial charge in [-0.3, -0.25) is 0 Å². The van der Waals surface area contributed by atoms with Crippen LogP contribution >= 0.6 is 23.2 Å². The number of benzene rings is 1. The van der Waals surface area contributed by atoms with Gasteiger partial charge < -0.3 is 14.8 Å². The summed E-state index contributed by atoms with van der Waals surface area (Å²) in [6.07, 6.45) is 3.43. The van der Waals surface area contributed by atoms with Crippen LogP contribution in [0.3, 0.4) is 0 Å². The summed E-state index contributed by atoms with van der Waals surface area (Å²) in [7, 11) is 0. The maximum atomic E-state index is 10.2. The normalized spacial score (nSPS) is 23.0. The van der Waals surface area contributed by atoms with Gasteiger partial charge in [0.05, 0.1) is 21.9 Å². The van der Waals surface area contributed by atoms with Crippen LogP contribution in [-0.4, -0.2) is 30.6 Å². The molecule has 2 N–H and O–H groups in total. The van der Waals surface area contributed by atoms with Gasteiger partial charge in [-0.25, -0.2) is 0 Å². The minimum absolute atomic E-state index is 0.0294. The fraction of sp³-hybridized carbons (Fsp3) is 0.333. The van der Waals surface area contributed by atoms with Crippen molar-refractivity contribution in [3.05, 3.63) is 40.0 Å². The third-order valence-electron chi connectivity index (χ3n) is 4.81. The van der Waals surface area contributed by atoms with Crippen molar-refractivity contribution in [2.75, 3.05) is 0 Å². The highest BCUT2D eigenvalue weighted by molar-refractivity contribution is 6.36. The van der Waals surface area contributed by atoms with Gasteiger partial charge in [0.1, 0.15) is 5.75 Å². The molecule has 0 amide bonds. The highest BCUT2D eigenvalue weighted by Crippen LogP contribution is 2.43. The van der Waals surface area contributed by atoms with Crippen molar-refractivity contribution in [3.8, 4) is 17.0 Å². The maximum absolute atomic E-state index is 10.2. The Morgan fingerprint density at radius 3 is 2.56 bits per heavy atom. The number of hydrogen-bond donors (Lipinski definition) is 2. The molecule has 0 atom stereocenters. The Labute approximate surface area is 154 Å². The van der Waals surface area contributed by atoms with Crippen molar-refractivity contribution in [3.63, 3.8) is 0 Å². The molecular formula is C18H17Cl2N3O2. The first-order valence-electron chi connectivity index (χ1n) is 8.01. The van der Waals surface area contributed by atoms with Gasteiger partial charge in [0.2, 0.25) is 0 Å². The molecule has 2 heterocycles. The molecule has 7 heteroatoms. The fourth-order valence-electron chi connectivity index (χ4n) is 3.57. The number of hydrogen-bond acceptors (Lipinski definition) is 4. The van der Waals surface area contributed by atoms with Gasteiger partial charge in [-0.1, -0.05) is 23.2 Å². The van der Waals surface area contributed by atoms with Crippen LogP contribution in [0.1, 0.15) is 31.4 Å². The van der Waals surface area contributed by atoms with Crippen molar-refractivity contribution >= 4 is 34.2 Å². The van der Waals surface area contributed by atoms with Crippen LogP contribution in [-0.2, 0) is 0 Å². The molecule has 0 aliphatic heterocycles. The molecule has 1 saturated carbocycles. The molecule has 0 saturated heterocycles. The predicted molar refractivity (Wildman–Crippen MR) is 98.3 cm³/mol. The van der Waals surface area contributed by atoms with E-state index in [9.17, 15) is 10.2 Å². The van der Waals surface area contributed by atoms with Crippen molar-refractivity contribution < 1.29 is 10.2 Å². The maximum Gasteiger partial charge on any atom is 0.163 e. The van der Waals surface area contributed by atoms with E-state index < -0.39 is 5.60 Å². The molecule has 4 rings (SSSR count). The molecule has 25 heavy (non-hydrogen) atoms. The van der Waals surface area contributed by atoms with Crippen LogP contribution in [0.15, 0.2) is 24.4 Å². The molecule has 1 aliphatic carbocycles. The standard InChI is InChI=1S/C18H17Cl2N3O2/c1-9-8-23(11-6-18(2,25)7-11)17-12(9)5-14(21-22-17)16-13(20)3-10(19)4-15(16)24/h3-5,8,11,24-25H,6-7H2,1-2H3. The molecule has 5 nitrogen and oxygen atoms in total. The number of halogens is 2.